The summed E-state index contributed by atoms with van der Waals surface area (Å²) in [5, 5.41) is 0. The fourth-order valence-corrected chi connectivity index (χ4v) is 6.09. The molecule has 2 aliphatic carbocycles. The summed E-state index contributed by atoms with van der Waals surface area (Å²) in [6.07, 6.45) is 32.3. The number of hydrogen-bond acceptors (Lipinski definition) is 1. The van der Waals surface area contributed by atoms with Gasteiger partial charge in [0.25, 0.3) is 0 Å². The Bertz CT molecular complexity index is 327. The molecule has 0 N–H and O–H groups in total. The van der Waals surface area contributed by atoms with Crippen LogP contribution in [0.5, 0.6) is 0 Å². The van der Waals surface area contributed by atoms with Crippen molar-refractivity contribution in [3.8, 4) is 0 Å². The van der Waals surface area contributed by atoms with Crippen LogP contribution in [0.3, 0.4) is 0 Å². The van der Waals surface area contributed by atoms with E-state index in [9.17, 15) is 0 Å². The van der Waals surface area contributed by atoms with E-state index in [0.29, 0.717) is 6.10 Å². The van der Waals surface area contributed by atoms with Crippen molar-refractivity contribution in [1.29, 1.82) is 0 Å². The van der Waals surface area contributed by atoms with Crippen molar-refractivity contribution in [3.63, 3.8) is 0 Å². The van der Waals surface area contributed by atoms with E-state index < -0.39 is 0 Å². The van der Waals surface area contributed by atoms with Crippen LogP contribution in [-0.4, -0.2) is 12.7 Å². The topological polar surface area (TPSA) is 9.23 Å². The summed E-state index contributed by atoms with van der Waals surface area (Å²) in [6.45, 7) is 5.65. The van der Waals surface area contributed by atoms with Gasteiger partial charge in [-0.25, -0.2) is 0 Å². The Morgan fingerprint density at radius 2 is 0.867 bits per heavy atom. The van der Waals surface area contributed by atoms with Crippen LogP contribution in [0.25, 0.3) is 0 Å². The first kappa shape index (κ1) is 26.2. The van der Waals surface area contributed by atoms with Crippen LogP contribution in [0.4, 0.5) is 0 Å². The van der Waals surface area contributed by atoms with Crippen molar-refractivity contribution < 1.29 is 4.74 Å². The molecule has 0 bridgehead atoms. The van der Waals surface area contributed by atoms with E-state index in [1.807, 2.05) is 0 Å². The fourth-order valence-electron chi connectivity index (χ4n) is 6.09. The van der Waals surface area contributed by atoms with Crippen molar-refractivity contribution in [1.82, 2.24) is 0 Å². The van der Waals surface area contributed by atoms with Gasteiger partial charge >= 0.3 is 0 Å². The molecule has 0 amide bonds. The van der Waals surface area contributed by atoms with Crippen molar-refractivity contribution in [2.24, 2.45) is 17.8 Å². The molecule has 0 aromatic carbocycles. The van der Waals surface area contributed by atoms with Gasteiger partial charge in [0.2, 0.25) is 0 Å². The standard InChI is InChI=1S/C29H56O/c1-3-5-7-9-11-14-26-17-19-28(20-18-26)16-13-25-30-29-23-21-27(22-24-29)15-12-10-8-6-4-2/h26-29H,3-25H2,1-2H3/t26-,27-,28-,29-. The minimum absolute atomic E-state index is 0.588. The molecule has 0 saturated heterocycles. The highest BCUT2D eigenvalue weighted by Crippen LogP contribution is 2.35. The Hall–Kier alpha value is -0.0400. The molecule has 0 atom stereocenters. The van der Waals surface area contributed by atoms with Gasteiger partial charge < -0.3 is 4.74 Å². The van der Waals surface area contributed by atoms with E-state index >= 15 is 0 Å². The second-order valence-corrected chi connectivity index (χ2v) is 10.9. The van der Waals surface area contributed by atoms with Crippen molar-refractivity contribution in [2.75, 3.05) is 6.61 Å². The number of ether oxygens (including phenoxy) is 1. The summed E-state index contributed by atoms with van der Waals surface area (Å²) in [5.41, 5.74) is 0. The van der Waals surface area contributed by atoms with E-state index in [1.165, 1.54) is 141 Å². The molecule has 2 saturated carbocycles. The maximum Gasteiger partial charge on any atom is 0.0575 e. The lowest BCUT2D eigenvalue weighted by Crippen LogP contribution is -2.22. The second kappa shape index (κ2) is 17.5. The predicted octanol–water partition coefficient (Wildman–Crippen LogP) is 9.87. The third-order valence-corrected chi connectivity index (χ3v) is 8.30. The summed E-state index contributed by atoms with van der Waals surface area (Å²) in [5.74, 6) is 3.07. The summed E-state index contributed by atoms with van der Waals surface area (Å²) in [6, 6.07) is 0. The predicted molar refractivity (Wildman–Crippen MR) is 133 cm³/mol. The van der Waals surface area contributed by atoms with Crippen LogP contribution in [0.2, 0.25) is 0 Å². The molecule has 0 aromatic rings. The van der Waals surface area contributed by atoms with Gasteiger partial charge in [0, 0.05) is 6.61 Å². The number of unbranched alkanes of at least 4 members (excludes halogenated alkanes) is 8. The largest absolute Gasteiger partial charge is 0.378 e. The van der Waals surface area contributed by atoms with Crippen LogP contribution in [0, 0.1) is 17.8 Å². The van der Waals surface area contributed by atoms with E-state index in [1.54, 1.807) is 0 Å². The summed E-state index contributed by atoms with van der Waals surface area (Å²) >= 11 is 0. The molecule has 0 spiro atoms. The van der Waals surface area contributed by atoms with Gasteiger partial charge in [-0.2, -0.15) is 0 Å². The number of hydrogen-bond donors (Lipinski definition) is 0. The lowest BCUT2D eigenvalue weighted by atomic mass is 9.78. The fraction of sp³-hybridized carbons (Fsp3) is 1.00. The highest BCUT2D eigenvalue weighted by atomic mass is 16.5. The highest BCUT2D eigenvalue weighted by Gasteiger charge is 2.22. The first-order valence-electron chi connectivity index (χ1n) is 14.4. The zero-order valence-corrected chi connectivity index (χ0v) is 21.0. The third kappa shape index (κ3) is 12.1. The van der Waals surface area contributed by atoms with Crippen molar-refractivity contribution in [2.45, 2.75) is 161 Å². The van der Waals surface area contributed by atoms with Crippen molar-refractivity contribution >= 4 is 0 Å². The quantitative estimate of drug-likeness (QED) is 0.213. The highest BCUT2D eigenvalue weighted by molar-refractivity contribution is 4.74. The Balaban J connectivity index is 1.39. The van der Waals surface area contributed by atoms with Gasteiger partial charge in [-0.3, -0.25) is 0 Å². The Morgan fingerprint density at radius 3 is 1.33 bits per heavy atom. The third-order valence-electron chi connectivity index (χ3n) is 8.30. The molecule has 2 aliphatic rings. The molecular formula is C29H56O. The zero-order chi connectivity index (χ0) is 21.3. The van der Waals surface area contributed by atoms with E-state index in [4.69, 9.17) is 4.74 Å². The molecule has 0 heterocycles. The summed E-state index contributed by atoms with van der Waals surface area (Å²) in [4.78, 5) is 0. The SMILES string of the molecule is CCCCCCC[C@H]1CC[C@H](CCCO[C@H]2CC[C@H](CCCCCCC)CC2)CC1. The Kier molecular flexibility index (Phi) is 15.3. The molecule has 2 rings (SSSR count). The average molecular weight is 421 g/mol. The van der Waals surface area contributed by atoms with Crippen molar-refractivity contribution in [3.05, 3.63) is 0 Å². The minimum Gasteiger partial charge on any atom is -0.378 e. The minimum atomic E-state index is 0.588. The van der Waals surface area contributed by atoms with Crippen LogP contribution < -0.4 is 0 Å². The smallest absolute Gasteiger partial charge is 0.0575 e. The Morgan fingerprint density at radius 1 is 0.467 bits per heavy atom. The maximum absolute atomic E-state index is 6.29. The molecule has 0 unspecified atom stereocenters. The van der Waals surface area contributed by atoms with E-state index in [2.05, 4.69) is 13.8 Å². The lowest BCUT2D eigenvalue weighted by molar-refractivity contribution is 0.0131. The van der Waals surface area contributed by atoms with Gasteiger partial charge in [0.1, 0.15) is 0 Å². The Labute approximate surface area is 190 Å². The molecule has 178 valence electrons. The van der Waals surface area contributed by atoms with E-state index in [0.717, 1.165) is 24.4 Å². The van der Waals surface area contributed by atoms with E-state index in [-0.39, 0.29) is 0 Å². The molecule has 0 aromatic heterocycles. The average Bonchev–Trinajstić information content (AvgIpc) is 2.78. The zero-order valence-electron chi connectivity index (χ0n) is 21.0. The lowest BCUT2D eigenvalue weighted by Gasteiger charge is -2.30. The molecule has 1 heteroatoms. The molecule has 30 heavy (non-hydrogen) atoms. The number of rotatable bonds is 17. The second-order valence-electron chi connectivity index (χ2n) is 10.9. The maximum atomic E-state index is 6.29. The van der Waals surface area contributed by atoms with Gasteiger partial charge in [0.15, 0.2) is 0 Å². The molecule has 0 aliphatic heterocycles. The molecule has 2 fully saturated rings. The monoisotopic (exact) mass is 420 g/mol. The normalized spacial score (nSPS) is 27.4. The van der Waals surface area contributed by atoms with Gasteiger partial charge in [0.05, 0.1) is 6.10 Å². The molecular weight excluding hydrogens is 364 g/mol. The van der Waals surface area contributed by atoms with Crippen LogP contribution in [0.15, 0.2) is 0 Å². The van der Waals surface area contributed by atoms with Crippen LogP contribution in [-0.2, 0) is 4.74 Å². The van der Waals surface area contributed by atoms with Gasteiger partial charge in [-0.05, 0) is 56.3 Å². The van der Waals surface area contributed by atoms with Crippen LogP contribution in [0.1, 0.15) is 155 Å². The molecule has 0 radical (unpaired) electrons. The van der Waals surface area contributed by atoms with Gasteiger partial charge in [-0.15, -0.1) is 0 Å². The van der Waals surface area contributed by atoms with Gasteiger partial charge in [-0.1, -0.05) is 117 Å². The summed E-state index contributed by atoms with van der Waals surface area (Å²) < 4.78 is 6.29. The first-order chi connectivity index (χ1) is 14.8. The first-order valence-corrected chi connectivity index (χ1v) is 14.4. The summed E-state index contributed by atoms with van der Waals surface area (Å²) in [7, 11) is 0. The van der Waals surface area contributed by atoms with Crippen LogP contribution >= 0.6 is 0 Å². The molecule has 1 nitrogen and oxygen atoms in total.